The Morgan fingerprint density at radius 1 is 1.24 bits per heavy atom. The van der Waals surface area contributed by atoms with Gasteiger partial charge < -0.3 is 10.6 Å². The summed E-state index contributed by atoms with van der Waals surface area (Å²) in [6, 6.07) is 10.1. The van der Waals surface area contributed by atoms with Gasteiger partial charge in [-0.05, 0) is 58.9 Å². The van der Waals surface area contributed by atoms with Crippen LogP contribution in [0.2, 0.25) is 0 Å². The number of hydrogen-bond acceptors (Lipinski definition) is 3. The summed E-state index contributed by atoms with van der Waals surface area (Å²) in [5.41, 5.74) is 9.14. The molecule has 1 aromatic rings. The Hall–Kier alpha value is -0.900. The lowest BCUT2D eigenvalue weighted by Crippen LogP contribution is -2.48. The molecule has 0 amide bonds. The van der Waals surface area contributed by atoms with Gasteiger partial charge in [-0.2, -0.15) is 0 Å². The van der Waals surface area contributed by atoms with E-state index in [1.54, 1.807) is 0 Å². The summed E-state index contributed by atoms with van der Waals surface area (Å²) in [6.07, 6.45) is 3.49. The Labute approximate surface area is 130 Å². The summed E-state index contributed by atoms with van der Waals surface area (Å²) in [4.78, 5) is 4.96. The molecule has 1 aliphatic rings. The van der Waals surface area contributed by atoms with Crippen molar-refractivity contribution in [2.24, 2.45) is 5.73 Å². The van der Waals surface area contributed by atoms with E-state index in [0.29, 0.717) is 12.1 Å². The van der Waals surface area contributed by atoms with E-state index in [9.17, 15) is 0 Å². The van der Waals surface area contributed by atoms with Crippen LogP contribution in [-0.4, -0.2) is 49.1 Å². The first kappa shape index (κ1) is 16.5. The zero-order valence-electron chi connectivity index (χ0n) is 14.0. The van der Waals surface area contributed by atoms with E-state index >= 15 is 0 Å². The number of nitrogens with zero attached hydrogens (tertiary/aromatic N) is 2. The third-order valence-corrected chi connectivity index (χ3v) is 5.00. The molecule has 0 aromatic heterocycles. The fraction of sp³-hybridized carbons (Fsp3) is 0.667. The molecule has 2 N–H and O–H groups in total. The van der Waals surface area contributed by atoms with Crippen molar-refractivity contribution in [1.82, 2.24) is 9.80 Å². The molecule has 0 spiro atoms. The Balaban J connectivity index is 2.17. The number of likely N-dealkylation sites (N-methyl/N-ethyl adjacent to an activating group) is 1. The van der Waals surface area contributed by atoms with Crippen molar-refractivity contribution < 1.29 is 0 Å². The maximum Gasteiger partial charge on any atom is 0.0498 e. The van der Waals surface area contributed by atoms with Gasteiger partial charge in [-0.1, -0.05) is 36.8 Å². The van der Waals surface area contributed by atoms with Gasteiger partial charge in [-0.15, -0.1) is 0 Å². The standard InChI is InChI=1S/C18H31N3/c1-5-17(19)18(15-8-6-14(2)7-9-15)21(4)16-10-12-20(3)13-11-16/h6-9,16-18H,5,10-13,19H2,1-4H3. The molecule has 21 heavy (non-hydrogen) atoms. The normalized spacial score (nSPS) is 20.7. The zero-order valence-corrected chi connectivity index (χ0v) is 14.0. The van der Waals surface area contributed by atoms with Gasteiger partial charge in [0.25, 0.3) is 0 Å². The third-order valence-electron chi connectivity index (χ3n) is 5.00. The minimum absolute atomic E-state index is 0.192. The third kappa shape index (κ3) is 4.06. The van der Waals surface area contributed by atoms with Crippen molar-refractivity contribution in [3.05, 3.63) is 35.4 Å². The second kappa shape index (κ2) is 7.39. The highest BCUT2D eigenvalue weighted by atomic mass is 15.2. The van der Waals surface area contributed by atoms with Gasteiger partial charge in [0.2, 0.25) is 0 Å². The van der Waals surface area contributed by atoms with E-state index in [0.717, 1.165) is 6.42 Å². The van der Waals surface area contributed by atoms with Crippen molar-refractivity contribution in [3.8, 4) is 0 Å². The van der Waals surface area contributed by atoms with Gasteiger partial charge in [-0.3, -0.25) is 4.90 Å². The van der Waals surface area contributed by atoms with Crippen molar-refractivity contribution in [2.75, 3.05) is 27.2 Å². The Bertz CT molecular complexity index is 421. The van der Waals surface area contributed by atoms with E-state index in [4.69, 9.17) is 5.73 Å². The van der Waals surface area contributed by atoms with Crippen LogP contribution in [0.5, 0.6) is 0 Å². The molecule has 0 saturated carbocycles. The number of benzene rings is 1. The summed E-state index contributed by atoms with van der Waals surface area (Å²) in [7, 11) is 4.47. The van der Waals surface area contributed by atoms with Crippen LogP contribution >= 0.6 is 0 Å². The summed E-state index contributed by atoms with van der Waals surface area (Å²) >= 11 is 0. The molecule has 2 atom stereocenters. The van der Waals surface area contributed by atoms with Gasteiger partial charge >= 0.3 is 0 Å². The molecule has 0 bridgehead atoms. The van der Waals surface area contributed by atoms with Gasteiger partial charge in [-0.25, -0.2) is 0 Å². The second-order valence-corrected chi connectivity index (χ2v) is 6.63. The average Bonchev–Trinajstić information content (AvgIpc) is 2.49. The van der Waals surface area contributed by atoms with Gasteiger partial charge in [0.1, 0.15) is 0 Å². The van der Waals surface area contributed by atoms with Crippen LogP contribution in [-0.2, 0) is 0 Å². The van der Waals surface area contributed by atoms with Gasteiger partial charge in [0, 0.05) is 18.1 Å². The van der Waals surface area contributed by atoms with Crippen molar-refractivity contribution in [3.63, 3.8) is 0 Å². The molecule has 0 aliphatic carbocycles. The molecule has 1 saturated heterocycles. The fourth-order valence-corrected chi connectivity index (χ4v) is 3.40. The van der Waals surface area contributed by atoms with Crippen LogP contribution in [0.15, 0.2) is 24.3 Å². The average molecular weight is 289 g/mol. The zero-order chi connectivity index (χ0) is 15.4. The van der Waals surface area contributed by atoms with Crippen LogP contribution in [0.4, 0.5) is 0 Å². The van der Waals surface area contributed by atoms with Gasteiger partial charge in [0.15, 0.2) is 0 Å². The van der Waals surface area contributed by atoms with Crippen molar-refractivity contribution in [2.45, 2.75) is 51.2 Å². The second-order valence-electron chi connectivity index (χ2n) is 6.63. The topological polar surface area (TPSA) is 32.5 Å². The Morgan fingerprint density at radius 3 is 2.33 bits per heavy atom. The minimum atomic E-state index is 0.192. The predicted molar refractivity (Wildman–Crippen MR) is 90.5 cm³/mol. The first-order valence-corrected chi connectivity index (χ1v) is 8.25. The molecule has 3 heteroatoms. The number of nitrogens with two attached hydrogens (primary N) is 1. The molecular weight excluding hydrogens is 258 g/mol. The molecule has 118 valence electrons. The Kier molecular flexibility index (Phi) is 5.80. The highest BCUT2D eigenvalue weighted by Gasteiger charge is 2.30. The predicted octanol–water partition coefficient (Wildman–Crippen LogP) is 2.80. The molecule has 1 aromatic carbocycles. The molecule has 1 heterocycles. The SMILES string of the molecule is CCC(N)C(c1ccc(C)cc1)N(C)C1CCN(C)CC1. The first-order chi connectivity index (χ1) is 10.0. The molecule has 1 aliphatic heterocycles. The minimum Gasteiger partial charge on any atom is -0.326 e. The molecular formula is C18H31N3. The summed E-state index contributed by atoms with van der Waals surface area (Å²) < 4.78 is 0. The largest absolute Gasteiger partial charge is 0.326 e. The maximum atomic E-state index is 6.47. The number of aryl methyl sites for hydroxylation is 1. The lowest BCUT2D eigenvalue weighted by atomic mass is 9.92. The Morgan fingerprint density at radius 2 is 1.81 bits per heavy atom. The van der Waals surface area contributed by atoms with E-state index in [2.05, 4.69) is 62.0 Å². The molecule has 2 rings (SSSR count). The van der Waals surface area contributed by atoms with E-state index in [1.165, 1.54) is 37.1 Å². The van der Waals surface area contributed by atoms with E-state index in [-0.39, 0.29) is 6.04 Å². The number of rotatable bonds is 5. The number of hydrogen-bond donors (Lipinski definition) is 1. The summed E-state index contributed by atoms with van der Waals surface area (Å²) in [5, 5.41) is 0. The van der Waals surface area contributed by atoms with Crippen LogP contribution < -0.4 is 5.73 Å². The van der Waals surface area contributed by atoms with Crippen molar-refractivity contribution >= 4 is 0 Å². The highest BCUT2D eigenvalue weighted by molar-refractivity contribution is 5.25. The van der Waals surface area contributed by atoms with Crippen LogP contribution in [0.25, 0.3) is 0 Å². The smallest absolute Gasteiger partial charge is 0.0498 e. The quantitative estimate of drug-likeness (QED) is 0.904. The van der Waals surface area contributed by atoms with Crippen LogP contribution in [0, 0.1) is 6.92 Å². The van der Waals surface area contributed by atoms with E-state index < -0.39 is 0 Å². The first-order valence-electron chi connectivity index (χ1n) is 8.25. The molecule has 1 fully saturated rings. The highest BCUT2D eigenvalue weighted by Crippen LogP contribution is 2.29. The maximum absolute atomic E-state index is 6.47. The van der Waals surface area contributed by atoms with Crippen LogP contribution in [0.3, 0.4) is 0 Å². The molecule has 3 nitrogen and oxygen atoms in total. The number of likely N-dealkylation sites (tertiary alicyclic amines) is 1. The molecule has 2 unspecified atom stereocenters. The summed E-state index contributed by atoms with van der Waals surface area (Å²) in [5.74, 6) is 0. The summed E-state index contributed by atoms with van der Waals surface area (Å²) in [6.45, 7) is 6.71. The monoisotopic (exact) mass is 289 g/mol. The van der Waals surface area contributed by atoms with Crippen molar-refractivity contribution in [1.29, 1.82) is 0 Å². The van der Waals surface area contributed by atoms with Crippen LogP contribution in [0.1, 0.15) is 43.4 Å². The molecule has 0 radical (unpaired) electrons. The fourth-order valence-electron chi connectivity index (χ4n) is 3.40. The lowest BCUT2D eigenvalue weighted by molar-refractivity contribution is 0.0935. The van der Waals surface area contributed by atoms with Gasteiger partial charge in [0.05, 0.1) is 0 Å². The van der Waals surface area contributed by atoms with E-state index in [1.807, 2.05) is 0 Å². The lowest BCUT2D eigenvalue weighted by Gasteiger charge is -2.41. The number of piperidine rings is 1.